The molecule has 3 atom stereocenters. The number of benzene rings is 1. The minimum Gasteiger partial charge on any atom is -0.508 e. The summed E-state index contributed by atoms with van der Waals surface area (Å²) in [5.74, 6) is 1.42. The molecule has 1 aliphatic rings. The fraction of sp³-hybridized carbons (Fsp3) is 0.333. The predicted molar refractivity (Wildman–Crippen MR) is 160 cm³/mol. The van der Waals surface area contributed by atoms with Gasteiger partial charge in [-0.15, -0.1) is 0 Å². The predicted octanol–water partition coefficient (Wildman–Crippen LogP) is 4.34. The zero-order valence-corrected chi connectivity index (χ0v) is 23.5. The maximum atomic E-state index is 9.91. The fourth-order valence-corrected chi connectivity index (χ4v) is 5.17. The van der Waals surface area contributed by atoms with Crippen LogP contribution in [0, 0.1) is 5.92 Å². The summed E-state index contributed by atoms with van der Waals surface area (Å²) in [5.41, 5.74) is 19.1. The van der Waals surface area contributed by atoms with Crippen molar-refractivity contribution in [3.63, 3.8) is 0 Å². The molecule has 0 aliphatic heterocycles. The van der Waals surface area contributed by atoms with E-state index in [2.05, 4.69) is 28.4 Å². The van der Waals surface area contributed by atoms with Gasteiger partial charge in [-0.1, -0.05) is 13.8 Å². The van der Waals surface area contributed by atoms with Crippen molar-refractivity contribution in [3.8, 4) is 22.8 Å². The maximum absolute atomic E-state index is 9.91. The van der Waals surface area contributed by atoms with Gasteiger partial charge in [0.2, 0.25) is 5.88 Å². The number of rotatable bonds is 7. The Morgan fingerprint density at radius 2 is 2.00 bits per heavy atom. The number of carboxylic acid groups (broad SMARTS) is 1. The van der Waals surface area contributed by atoms with Crippen molar-refractivity contribution >= 4 is 29.2 Å². The van der Waals surface area contributed by atoms with E-state index < -0.39 is 0 Å². The molecule has 1 fully saturated rings. The first-order valence-electron chi connectivity index (χ1n) is 13.6. The number of nitrogens with zero attached hydrogens (tertiary/aromatic N) is 4. The van der Waals surface area contributed by atoms with Crippen molar-refractivity contribution in [3.05, 3.63) is 66.1 Å². The number of carbonyl (C=O) groups is 1. The molecule has 0 amide bonds. The fourth-order valence-electron chi connectivity index (χ4n) is 5.17. The molecule has 5 rings (SSSR count). The molecule has 41 heavy (non-hydrogen) atoms. The lowest BCUT2D eigenvalue weighted by Crippen LogP contribution is -2.43. The second-order valence-electron chi connectivity index (χ2n) is 10.1. The van der Waals surface area contributed by atoms with E-state index in [0.717, 1.165) is 64.8 Å². The molecule has 3 aromatic heterocycles. The van der Waals surface area contributed by atoms with Crippen LogP contribution in [0.15, 0.2) is 60.0 Å². The van der Waals surface area contributed by atoms with Gasteiger partial charge in [0.05, 0.1) is 35.8 Å². The van der Waals surface area contributed by atoms with E-state index in [9.17, 15) is 5.11 Å². The van der Waals surface area contributed by atoms with Crippen molar-refractivity contribution in [1.82, 2.24) is 14.6 Å². The number of phenolic OH excluding ortho intramolecular Hbond substituents is 1. The second kappa shape index (κ2) is 13.1. The van der Waals surface area contributed by atoms with Gasteiger partial charge < -0.3 is 31.7 Å². The Bertz CT molecular complexity index is 1520. The molecule has 1 aromatic carbocycles. The van der Waals surface area contributed by atoms with Crippen LogP contribution >= 0.6 is 0 Å². The highest BCUT2D eigenvalue weighted by atomic mass is 16.5. The van der Waals surface area contributed by atoms with Crippen molar-refractivity contribution in [1.29, 1.82) is 0 Å². The molecular weight excluding hydrogens is 522 g/mol. The van der Waals surface area contributed by atoms with Crippen molar-refractivity contribution in [2.75, 3.05) is 12.4 Å². The number of nitrogens with two attached hydrogens (primary N) is 2. The Balaban J connectivity index is 0.00000124. The van der Waals surface area contributed by atoms with Gasteiger partial charge in [-0.3, -0.25) is 4.79 Å². The number of phenols is 1. The molecule has 4 aromatic rings. The van der Waals surface area contributed by atoms with Crippen molar-refractivity contribution in [2.45, 2.75) is 51.6 Å². The molecule has 1 aliphatic carbocycles. The molecule has 3 heterocycles. The highest BCUT2D eigenvalue weighted by Crippen LogP contribution is 2.33. The van der Waals surface area contributed by atoms with Gasteiger partial charge in [-0.2, -0.15) is 5.10 Å². The summed E-state index contributed by atoms with van der Waals surface area (Å²) >= 11 is 0. The van der Waals surface area contributed by atoms with Crippen LogP contribution in [0.2, 0.25) is 0 Å². The summed E-state index contributed by atoms with van der Waals surface area (Å²) in [5, 5.41) is 25.3. The number of aromatic nitrogens is 3. The third kappa shape index (κ3) is 6.58. The molecule has 0 bridgehead atoms. The van der Waals surface area contributed by atoms with Gasteiger partial charge in [-0.25, -0.2) is 14.5 Å². The van der Waals surface area contributed by atoms with Crippen LogP contribution in [-0.4, -0.2) is 56.3 Å². The molecular formula is C30H37N7O4. The highest BCUT2D eigenvalue weighted by molar-refractivity contribution is 6.06. The van der Waals surface area contributed by atoms with Gasteiger partial charge >= 0.3 is 0 Å². The standard InChI is InChI=1S/C29H35N7O2.CH2O2/c1-4-18-12-21(37)9-10-25(18)35-29(31)22-15-33-36-16-20(19-8-11-27(38-3)32-14-19)13-26(36)28(22)34-24-7-5-6-23(30)17(24)2;2-1-3/h8-17,23-24,34,37H,4-7,30H2,1-3H3,(H2,31,35);1H,(H,2,3)/t17-,23?,24?;/m1./s1. The number of pyridine rings is 1. The highest BCUT2D eigenvalue weighted by Gasteiger charge is 2.29. The van der Waals surface area contributed by atoms with Gasteiger partial charge in [-0.05, 0) is 67.5 Å². The van der Waals surface area contributed by atoms with Gasteiger partial charge in [0.25, 0.3) is 6.47 Å². The monoisotopic (exact) mass is 559 g/mol. The average Bonchev–Trinajstić information content (AvgIpc) is 3.42. The van der Waals surface area contributed by atoms with Gasteiger partial charge in [0.15, 0.2) is 0 Å². The molecule has 0 radical (unpaired) electrons. The van der Waals surface area contributed by atoms with Crippen LogP contribution in [0.3, 0.4) is 0 Å². The number of aromatic hydroxyl groups is 1. The Hall–Kier alpha value is -4.64. The number of ether oxygens (including phenoxy) is 1. The van der Waals surface area contributed by atoms with Crippen LogP contribution in [0.5, 0.6) is 11.6 Å². The van der Waals surface area contributed by atoms with Crippen LogP contribution in [0.1, 0.15) is 44.2 Å². The Labute approximate surface area is 238 Å². The average molecular weight is 560 g/mol. The van der Waals surface area contributed by atoms with Gasteiger partial charge in [0.1, 0.15) is 11.6 Å². The minimum atomic E-state index is -0.250. The number of aliphatic imine (C=N–C) groups is 1. The summed E-state index contributed by atoms with van der Waals surface area (Å²) in [4.78, 5) is 17.5. The summed E-state index contributed by atoms with van der Waals surface area (Å²) in [6.45, 7) is 3.97. The van der Waals surface area contributed by atoms with E-state index >= 15 is 0 Å². The van der Waals surface area contributed by atoms with E-state index in [1.54, 1.807) is 37.7 Å². The molecule has 2 unspecified atom stereocenters. The smallest absolute Gasteiger partial charge is 0.290 e. The summed E-state index contributed by atoms with van der Waals surface area (Å²) in [6.07, 6.45) is 9.36. The van der Waals surface area contributed by atoms with E-state index in [0.29, 0.717) is 17.6 Å². The zero-order valence-electron chi connectivity index (χ0n) is 23.5. The number of methoxy groups -OCH3 is 1. The summed E-state index contributed by atoms with van der Waals surface area (Å²) in [6, 6.07) is 11.4. The van der Waals surface area contributed by atoms with Crippen LogP contribution in [0.25, 0.3) is 16.6 Å². The quantitative estimate of drug-likeness (QED) is 0.125. The van der Waals surface area contributed by atoms with E-state index in [1.807, 2.05) is 29.8 Å². The molecule has 11 nitrogen and oxygen atoms in total. The largest absolute Gasteiger partial charge is 0.508 e. The first-order chi connectivity index (χ1) is 19.8. The lowest BCUT2D eigenvalue weighted by atomic mass is 9.82. The molecule has 0 saturated heterocycles. The normalized spacial score (nSPS) is 18.8. The zero-order chi connectivity index (χ0) is 29.5. The molecule has 216 valence electrons. The number of hydrogen-bond donors (Lipinski definition) is 5. The number of aryl methyl sites for hydroxylation is 1. The number of hydrogen-bond acceptors (Lipinski definition) is 8. The Kier molecular flexibility index (Phi) is 9.41. The Morgan fingerprint density at radius 1 is 1.22 bits per heavy atom. The minimum absolute atomic E-state index is 0.144. The Morgan fingerprint density at radius 3 is 2.68 bits per heavy atom. The lowest BCUT2D eigenvalue weighted by Gasteiger charge is -2.35. The SMILES string of the molecule is CCc1cc(O)ccc1N=C(N)c1cnn2cc(-c3ccc(OC)nc3)cc2c1NC1CCCC(N)[C@H]1C.O=CO. The summed E-state index contributed by atoms with van der Waals surface area (Å²) in [7, 11) is 1.60. The second-order valence-corrected chi connectivity index (χ2v) is 10.1. The molecule has 11 heteroatoms. The first kappa shape index (κ1) is 29.3. The third-order valence-corrected chi connectivity index (χ3v) is 7.57. The topological polar surface area (TPSA) is 173 Å². The first-order valence-corrected chi connectivity index (χ1v) is 13.6. The van der Waals surface area contributed by atoms with Crippen molar-refractivity contribution in [2.24, 2.45) is 22.4 Å². The third-order valence-electron chi connectivity index (χ3n) is 7.57. The van der Waals surface area contributed by atoms with E-state index in [1.165, 1.54) is 0 Å². The van der Waals surface area contributed by atoms with Crippen molar-refractivity contribution < 1.29 is 19.7 Å². The van der Waals surface area contributed by atoms with Crippen LogP contribution < -0.4 is 21.5 Å². The lowest BCUT2D eigenvalue weighted by molar-refractivity contribution is -0.122. The molecule has 7 N–H and O–H groups in total. The summed E-state index contributed by atoms with van der Waals surface area (Å²) < 4.78 is 7.06. The molecule has 0 spiro atoms. The van der Waals surface area contributed by atoms with Crippen LogP contribution in [0.4, 0.5) is 11.4 Å². The van der Waals surface area contributed by atoms with E-state index in [-0.39, 0.29) is 24.3 Å². The molecule has 1 saturated carbocycles. The number of anilines is 1. The van der Waals surface area contributed by atoms with Crippen LogP contribution in [-0.2, 0) is 11.2 Å². The number of fused-ring (bicyclic) bond motifs is 1. The maximum Gasteiger partial charge on any atom is 0.290 e. The van der Waals surface area contributed by atoms with Gasteiger partial charge in [0, 0.05) is 41.7 Å². The number of nitrogens with one attached hydrogen (secondary N) is 1. The number of amidine groups is 1. The van der Waals surface area contributed by atoms with E-state index in [4.69, 9.17) is 31.1 Å².